The van der Waals surface area contributed by atoms with Crippen molar-refractivity contribution in [3.63, 3.8) is 0 Å². The molecule has 0 saturated heterocycles. The van der Waals surface area contributed by atoms with Crippen LogP contribution in [0.2, 0.25) is 5.02 Å². The van der Waals surface area contributed by atoms with Gasteiger partial charge in [-0.3, -0.25) is 9.36 Å². The van der Waals surface area contributed by atoms with Crippen LogP contribution in [0.5, 0.6) is 5.75 Å². The lowest BCUT2D eigenvalue weighted by atomic mass is 10.0. The molecule has 1 aliphatic heterocycles. The molecular formula is C28H20ClFN4O2. The molecule has 3 heterocycles. The third-order valence-corrected chi connectivity index (χ3v) is 6.55. The summed E-state index contributed by atoms with van der Waals surface area (Å²) in [5, 5.41) is 5.84. The fourth-order valence-electron chi connectivity index (χ4n) is 4.53. The average Bonchev–Trinajstić information content (AvgIpc) is 3.50. The number of allylic oxidation sites excluding steroid dienone is 1. The Kier molecular flexibility index (Phi) is 5.42. The lowest BCUT2D eigenvalue weighted by Gasteiger charge is -2.06. The van der Waals surface area contributed by atoms with Crippen LogP contribution in [0.15, 0.2) is 77.7 Å². The van der Waals surface area contributed by atoms with Crippen molar-refractivity contribution in [1.29, 1.82) is 0 Å². The molecule has 0 atom stereocenters. The number of benzene rings is 3. The first-order chi connectivity index (χ1) is 17.5. The van der Waals surface area contributed by atoms with Gasteiger partial charge in [0.05, 0.1) is 23.7 Å². The van der Waals surface area contributed by atoms with E-state index in [1.807, 2.05) is 36.5 Å². The predicted molar refractivity (Wildman–Crippen MR) is 139 cm³/mol. The van der Waals surface area contributed by atoms with Crippen molar-refractivity contribution >= 4 is 34.2 Å². The lowest BCUT2D eigenvalue weighted by molar-refractivity contribution is 0.415. The molecule has 0 N–H and O–H groups in total. The second-order valence-electron chi connectivity index (χ2n) is 8.56. The molecule has 0 spiro atoms. The van der Waals surface area contributed by atoms with Crippen molar-refractivity contribution in [2.45, 2.75) is 13.0 Å². The summed E-state index contributed by atoms with van der Waals surface area (Å²) in [5.74, 6) is 1.04. The minimum Gasteiger partial charge on any atom is -0.497 e. The van der Waals surface area contributed by atoms with E-state index in [9.17, 15) is 9.18 Å². The molecule has 0 radical (unpaired) electrons. The van der Waals surface area contributed by atoms with Gasteiger partial charge in [0, 0.05) is 28.9 Å². The first-order valence-corrected chi connectivity index (χ1v) is 11.8. The largest absolute Gasteiger partial charge is 0.497 e. The van der Waals surface area contributed by atoms with Crippen molar-refractivity contribution in [3.05, 3.63) is 106 Å². The van der Waals surface area contributed by atoms with Crippen LogP contribution in [-0.2, 0) is 6.54 Å². The predicted octanol–water partition coefficient (Wildman–Crippen LogP) is 5.99. The van der Waals surface area contributed by atoms with E-state index in [-0.39, 0.29) is 11.4 Å². The minimum absolute atomic E-state index is 0.101. The molecule has 6 rings (SSSR count). The van der Waals surface area contributed by atoms with E-state index in [4.69, 9.17) is 26.4 Å². The lowest BCUT2D eigenvalue weighted by Crippen LogP contribution is -2.20. The standard InChI is InChI=1S/C28H20ClFN4O2/c1-36-23-4-2-3-17(14-23)26-19(16-34(32-26)22-8-6-21(30)7-9-22)13-18-11-12-33-27(18)31-25-10-5-20(29)15-24(25)28(33)35/h2-10,13-16H,11-12H2,1H3/b18-13-. The van der Waals surface area contributed by atoms with Gasteiger partial charge < -0.3 is 4.74 Å². The van der Waals surface area contributed by atoms with Crippen LogP contribution in [0.4, 0.5) is 4.39 Å². The number of ether oxygens (including phenoxy) is 1. The van der Waals surface area contributed by atoms with Gasteiger partial charge in [0.1, 0.15) is 23.1 Å². The van der Waals surface area contributed by atoms with Gasteiger partial charge in [0.25, 0.3) is 5.56 Å². The maximum absolute atomic E-state index is 13.5. The Morgan fingerprint density at radius 1 is 1.08 bits per heavy atom. The number of aromatic nitrogens is 4. The van der Waals surface area contributed by atoms with Crippen molar-refractivity contribution in [2.75, 3.05) is 7.11 Å². The molecule has 2 aromatic heterocycles. The van der Waals surface area contributed by atoms with Gasteiger partial charge in [-0.25, -0.2) is 14.1 Å². The van der Waals surface area contributed by atoms with E-state index in [1.165, 1.54) is 12.1 Å². The van der Waals surface area contributed by atoms with E-state index >= 15 is 0 Å². The van der Waals surface area contributed by atoms with Gasteiger partial charge >= 0.3 is 0 Å². The summed E-state index contributed by atoms with van der Waals surface area (Å²) < 4.78 is 22.3. The summed E-state index contributed by atoms with van der Waals surface area (Å²) in [6, 6.07) is 19.0. The Morgan fingerprint density at radius 3 is 2.72 bits per heavy atom. The zero-order valence-corrected chi connectivity index (χ0v) is 20.0. The number of rotatable bonds is 4. The Morgan fingerprint density at radius 2 is 1.92 bits per heavy atom. The van der Waals surface area contributed by atoms with E-state index in [1.54, 1.807) is 46.7 Å². The SMILES string of the molecule is COc1cccc(-c2nn(-c3ccc(F)cc3)cc2/C=C2/CCn3c2nc2ccc(Cl)cc2c3=O)c1. The zero-order valence-electron chi connectivity index (χ0n) is 19.3. The Balaban J connectivity index is 1.52. The Bertz CT molecular complexity index is 1720. The highest BCUT2D eigenvalue weighted by Crippen LogP contribution is 2.33. The molecule has 6 nitrogen and oxygen atoms in total. The van der Waals surface area contributed by atoms with Crippen molar-refractivity contribution in [3.8, 4) is 22.7 Å². The maximum Gasteiger partial charge on any atom is 0.261 e. The quantitative estimate of drug-likeness (QED) is 0.305. The van der Waals surface area contributed by atoms with Gasteiger partial charge in [0.15, 0.2) is 0 Å². The van der Waals surface area contributed by atoms with Crippen LogP contribution in [0.25, 0.3) is 39.5 Å². The first-order valence-electron chi connectivity index (χ1n) is 11.4. The second-order valence-corrected chi connectivity index (χ2v) is 9.00. The van der Waals surface area contributed by atoms with E-state index in [2.05, 4.69) is 0 Å². The van der Waals surface area contributed by atoms with Gasteiger partial charge in [-0.2, -0.15) is 5.10 Å². The highest BCUT2D eigenvalue weighted by molar-refractivity contribution is 6.31. The van der Waals surface area contributed by atoms with Crippen LogP contribution >= 0.6 is 11.6 Å². The number of halogens is 2. The fraction of sp³-hybridized carbons (Fsp3) is 0.107. The highest BCUT2D eigenvalue weighted by Gasteiger charge is 2.22. The van der Waals surface area contributed by atoms with Crippen LogP contribution < -0.4 is 10.3 Å². The summed E-state index contributed by atoms with van der Waals surface area (Å²) >= 11 is 6.11. The molecule has 0 fully saturated rings. The number of hydrogen-bond donors (Lipinski definition) is 0. The van der Waals surface area contributed by atoms with Crippen molar-refractivity contribution in [1.82, 2.24) is 19.3 Å². The minimum atomic E-state index is -0.311. The van der Waals surface area contributed by atoms with Gasteiger partial charge in [0.2, 0.25) is 0 Å². The van der Waals surface area contributed by atoms with Crippen molar-refractivity contribution < 1.29 is 9.13 Å². The molecular weight excluding hydrogens is 479 g/mol. The summed E-state index contributed by atoms with van der Waals surface area (Å²) in [6.07, 6.45) is 4.58. The fourth-order valence-corrected chi connectivity index (χ4v) is 4.70. The third kappa shape index (κ3) is 3.87. The van der Waals surface area contributed by atoms with Crippen LogP contribution in [0.1, 0.15) is 17.8 Å². The number of nitrogens with zero attached hydrogens (tertiary/aromatic N) is 4. The van der Waals surface area contributed by atoms with E-state index in [0.717, 1.165) is 28.1 Å². The number of fused-ring (bicyclic) bond motifs is 2. The molecule has 1 aliphatic rings. The summed E-state index contributed by atoms with van der Waals surface area (Å²) in [5.41, 5.74) is 4.63. The van der Waals surface area contributed by atoms with Crippen molar-refractivity contribution in [2.24, 2.45) is 0 Å². The molecule has 0 amide bonds. The zero-order chi connectivity index (χ0) is 24.8. The molecule has 0 bridgehead atoms. The van der Waals surface area contributed by atoms with Gasteiger partial charge in [-0.15, -0.1) is 0 Å². The molecule has 36 heavy (non-hydrogen) atoms. The molecule has 3 aromatic carbocycles. The smallest absolute Gasteiger partial charge is 0.261 e. The Labute approximate surface area is 210 Å². The Hall–Kier alpha value is -4.23. The van der Waals surface area contributed by atoms with E-state index < -0.39 is 0 Å². The monoisotopic (exact) mass is 498 g/mol. The van der Waals surface area contributed by atoms with Gasteiger partial charge in [-0.1, -0.05) is 23.7 Å². The average molecular weight is 499 g/mol. The molecule has 5 aromatic rings. The van der Waals surface area contributed by atoms with Crippen LogP contribution in [0.3, 0.4) is 0 Å². The number of hydrogen-bond acceptors (Lipinski definition) is 4. The molecule has 8 heteroatoms. The summed E-state index contributed by atoms with van der Waals surface area (Å²) in [4.78, 5) is 17.9. The van der Waals surface area contributed by atoms with Crippen LogP contribution in [-0.4, -0.2) is 26.4 Å². The second kappa shape index (κ2) is 8.77. The number of methoxy groups -OCH3 is 1. The molecule has 178 valence electrons. The molecule has 0 unspecified atom stereocenters. The van der Waals surface area contributed by atoms with E-state index in [0.29, 0.717) is 40.5 Å². The third-order valence-electron chi connectivity index (χ3n) is 6.31. The summed E-state index contributed by atoms with van der Waals surface area (Å²) in [7, 11) is 1.62. The van der Waals surface area contributed by atoms with Crippen LogP contribution in [0, 0.1) is 5.82 Å². The molecule has 0 aliphatic carbocycles. The highest BCUT2D eigenvalue weighted by atomic mass is 35.5. The maximum atomic E-state index is 13.5. The molecule has 0 saturated carbocycles. The first kappa shape index (κ1) is 22.2. The topological polar surface area (TPSA) is 61.9 Å². The summed E-state index contributed by atoms with van der Waals surface area (Å²) in [6.45, 7) is 0.538. The normalized spacial score (nSPS) is 13.9. The van der Waals surface area contributed by atoms with Gasteiger partial charge in [-0.05, 0) is 72.7 Å².